The molecule has 63 heavy (non-hydrogen) atoms. The van der Waals surface area contributed by atoms with Crippen LogP contribution in [0.3, 0.4) is 0 Å². The Labute approximate surface area is 375 Å². The molecular formula is C45H80N4O14. The highest BCUT2D eigenvalue weighted by Gasteiger charge is 2.47. The Morgan fingerprint density at radius 2 is 1.29 bits per heavy atom. The van der Waals surface area contributed by atoms with Crippen LogP contribution < -0.4 is 21.7 Å². The second-order valence-electron chi connectivity index (χ2n) is 16.8. The summed E-state index contributed by atoms with van der Waals surface area (Å²) in [4.78, 5) is 87.1. The van der Waals surface area contributed by atoms with Gasteiger partial charge in [0.25, 0.3) is 0 Å². The second kappa shape index (κ2) is 33.6. The van der Waals surface area contributed by atoms with Crippen LogP contribution in [0.25, 0.3) is 0 Å². The van der Waals surface area contributed by atoms with E-state index < -0.39 is 104 Å². The Morgan fingerprint density at radius 1 is 0.746 bits per heavy atom. The van der Waals surface area contributed by atoms with Crippen LogP contribution in [0.5, 0.6) is 0 Å². The van der Waals surface area contributed by atoms with E-state index in [1.54, 1.807) is 0 Å². The number of rotatable bonds is 36. The number of ether oxygens (including phenoxy) is 4. The van der Waals surface area contributed by atoms with Crippen LogP contribution in [0.4, 0.5) is 0 Å². The number of hydrogen-bond acceptors (Lipinski definition) is 13. The molecule has 0 radical (unpaired) electrons. The Balaban J connectivity index is 2.94. The van der Waals surface area contributed by atoms with Crippen molar-refractivity contribution < 1.29 is 69.2 Å². The van der Waals surface area contributed by atoms with Gasteiger partial charge in [-0.3, -0.25) is 33.6 Å². The number of hydrogen-bond donors (Lipinski definition) is 7. The van der Waals surface area contributed by atoms with Crippen LogP contribution in [0, 0.1) is 0 Å². The molecule has 0 aromatic heterocycles. The zero-order valence-corrected chi connectivity index (χ0v) is 38.5. The van der Waals surface area contributed by atoms with Gasteiger partial charge in [-0.15, -0.1) is 0 Å². The fourth-order valence-corrected chi connectivity index (χ4v) is 7.25. The molecule has 0 spiro atoms. The van der Waals surface area contributed by atoms with E-state index in [4.69, 9.17) is 31.2 Å². The maximum atomic E-state index is 13.3. The minimum atomic E-state index is -1.82. The van der Waals surface area contributed by atoms with Gasteiger partial charge in [-0.2, -0.15) is 0 Å². The lowest BCUT2D eigenvalue weighted by atomic mass is 9.96. The molecule has 0 aromatic carbocycles. The van der Waals surface area contributed by atoms with Crippen molar-refractivity contribution in [2.45, 2.75) is 237 Å². The lowest BCUT2D eigenvalue weighted by molar-refractivity contribution is -0.267. The highest BCUT2D eigenvalue weighted by molar-refractivity contribution is 5.92. The predicted molar refractivity (Wildman–Crippen MR) is 234 cm³/mol. The van der Waals surface area contributed by atoms with Gasteiger partial charge in [0.1, 0.15) is 55.3 Å². The molecular weight excluding hydrogens is 821 g/mol. The van der Waals surface area contributed by atoms with E-state index in [1.807, 2.05) is 0 Å². The van der Waals surface area contributed by atoms with Crippen molar-refractivity contribution in [3.8, 4) is 0 Å². The molecule has 0 aromatic rings. The van der Waals surface area contributed by atoms with Gasteiger partial charge in [0.05, 0.1) is 6.42 Å². The number of unbranched alkanes of at least 4 members (excludes halogenated alkanes) is 16. The molecule has 1 unspecified atom stereocenters. The molecule has 364 valence electrons. The Kier molecular flexibility index (Phi) is 29.5. The molecule has 0 aliphatic carbocycles. The first-order chi connectivity index (χ1) is 30.4. The molecule has 1 aliphatic heterocycles. The van der Waals surface area contributed by atoms with Crippen molar-refractivity contribution in [2.75, 3.05) is 6.61 Å². The summed E-state index contributed by atoms with van der Waals surface area (Å²) in [6.07, 6.45) is 10.5. The first kappa shape index (κ1) is 55.3. The Hall–Kier alpha value is -3.87. The summed E-state index contributed by atoms with van der Waals surface area (Å²) in [5, 5.41) is 36.1. The SMILES string of the molecule is [2H]N(C(=O)[C@@H](C)O[C@H]1[C@H](O)[C@@H](COC(=O)C[C@@H](CCCCCCCCCCC)OC(=O)CCCCCCCCCCC)OC(O)[C@@H]1NC(C)=O)[C@@H](C)C(=O)N[C@@H](CCC(=O)O)C(N)=O. The van der Waals surface area contributed by atoms with Crippen molar-refractivity contribution in [1.29, 1.82) is 0 Å². The molecule has 9 atom stereocenters. The second-order valence-corrected chi connectivity index (χ2v) is 16.8. The minimum Gasteiger partial charge on any atom is -0.481 e. The summed E-state index contributed by atoms with van der Waals surface area (Å²) in [5.74, 6) is -6.13. The number of carbonyl (C=O) groups is 7. The number of carboxylic acid groups (broad SMARTS) is 1. The number of esters is 2. The average Bonchev–Trinajstić information content (AvgIpc) is 3.24. The minimum absolute atomic E-state index is 0.241. The van der Waals surface area contributed by atoms with Crippen LogP contribution >= 0.6 is 0 Å². The summed E-state index contributed by atoms with van der Waals surface area (Å²) in [5.41, 5.74) is 5.28. The van der Waals surface area contributed by atoms with Gasteiger partial charge in [0, 0.05) is 19.8 Å². The molecule has 1 aliphatic rings. The number of amides is 4. The third-order valence-corrected chi connectivity index (χ3v) is 11.0. The molecule has 1 fully saturated rings. The summed E-state index contributed by atoms with van der Waals surface area (Å²) in [6, 6.07) is -4.36. The zero-order chi connectivity index (χ0) is 48.0. The van der Waals surface area contributed by atoms with Crippen LogP contribution in [0.1, 0.15) is 182 Å². The fourth-order valence-electron chi connectivity index (χ4n) is 7.25. The largest absolute Gasteiger partial charge is 0.481 e. The van der Waals surface area contributed by atoms with Crippen molar-refractivity contribution in [2.24, 2.45) is 5.73 Å². The van der Waals surface area contributed by atoms with Crippen molar-refractivity contribution in [3.63, 3.8) is 0 Å². The fraction of sp³-hybridized carbons (Fsp3) is 0.844. The average molecular weight is 902 g/mol. The number of carboxylic acids is 1. The molecule has 0 saturated carbocycles. The van der Waals surface area contributed by atoms with Crippen molar-refractivity contribution in [3.05, 3.63) is 0 Å². The topological polar surface area (TPSA) is 279 Å². The number of nitrogens with two attached hydrogens (primary N) is 1. The Morgan fingerprint density at radius 3 is 1.81 bits per heavy atom. The van der Waals surface area contributed by atoms with Gasteiger partial charge < -0.3 is 55.9 Å². The van der Waals surface area contributed by atoms with Crippen LogP contribution in [-0.4, -0.2) is 118 Å². The standard InChI is InChI=1S/C45H80N4O14/c1-6-8-10-12-14-16-18-20-22-24-33(62-37(53)25-23-21-19-17-15-13-11-9-7-2)28-38(54)60-29-35-40(55)41(39(45(59)63-35)48-32(5)50)61-31(4)44(58)47-30(3)43(57)49-34(42(46)56)26-27-36(51)52/h30-31,33-35,39-41,45,55,59H,6-29H2,1-5H3,(H2,46,56)(H,47,58)(H,48,50)(H,49,57)(H,51,52)/t30-,31+,33+,34-,35+,39+,40+,41+,45?/m0/s1/i/hD. The molecule has 18 heteroatoms. The maximum Gasteiger partial charge on any atom is 0.309 e. The number of aliphatic carboxylic acids is 1. The molecule has 18 nitrogen and oxygen atoms in total. The highest BCUT2D eigenvalue weighted by Crippen LogP contribution is 2.25. The van der Waals surface area contributed by atoms with Gasteiger partial charge in [0.2, 0.25) is 23.6 Å². The number of carbonyl (C=O) groups excluding carboxylic acids is 6. The number of aliphatic hydroxyl groups is 2. The van der Waals surface area contributed by atoms with Crippen LogP contribution in [-0.2, 0) is 52.5 Å². The van der Waals surface area contributed by atoms with Crippen LogP contribution in [0.2, 0.25) is 1.41 Å². The zero-order valence-electron chi connectivity index (χ0n) is 39.5. The van der Waals surface area contributed by atoms with Gasteiger partial charge in [-0.05, 0) is 39.5 Å². The third-order valence-electron chi connectivity index (χ3n) is 11.0. The summed E-state index contributed by atoms with van der Waals surface area (Å²) < 4.78 is 30.9. The van der Waals surface area contributed by atoms with Crippen molar-refractivity contribution >= 4 is 41.5 Å². The first-order valence-electron chi connectivity index (χ1n) is 23.8. The first-order valence-corrected chi connectivity index (χ1v) is 23.4. The van der Waals surface area contributed by atoms with Crippen LogP contribution in [0.15, 0.2) is 0 Å². The summed E-state index contributed by atoms with van der Waals surface area (Å²) >= 11 is 0. The van der Waals surface area contributed by atoms with E-state index in [9.17, 15) is 43.8 Å². The van der Waals surface area contributed by atoms with E-state index in [0.29, 0.717) is 12.8 Å². The molecule has 8 N–H and O–H groups in total. The van der Waals surface area contributed by atoms with E-state index in [1.165, 1.54) is 78.1 Å². The van der Waals surface area contributed by atoms with E-state index >= 15 is 0 Å². The van der Waals surface area contributed by atoms with Crippen molar-refractivity contribution in [1.82, 2.24) is 15.9 Å². The summed E-state index contributed by atoms with van der Waals surface area (Å²) in [6.45, 7) is 7.28. The predicted octanol–water partition coefficient (Wildman–Crippen LogP) is 4.37. The van der Waals surface area contributed by atoms with Gasteiger partial charge in [-0.1, -0.05) is 117 Å². The quantitative estimate of drug-likeness (QED) is 0.0340. The molecule has 1 rings (SSSR count). The Bertz CT molecular complexity index is 1410. The normalized spacial score (nSPS) is 20.6. The van der Waals surface area contributed by atoms with Gasteiger partial charge in [0.15, 0.2) is 7.70 Å². The molecule has 1 saturated heterocycles. The smallest absolute Gasteiger partial charge is 0.309 e. The van der Waals surface area contributed by atoms with Gasteiger partial charge in [-0.25, -0.2) is 0 Å². The lowest BCUT2D eigenvalue weighted by Crippen LogP contribution is -2.66. The number of aliphatic hydroxyl groups excluding tert-OH is 2. The monoisotopic (exact) mass is 902 g/mol. The van der Waals surface area contributed by atoms with E-state index in [-0.39, 0.29) is 30.5 Å². The third kappa shape index (κ3) is 25.9. The highest BCUT2D eigenvalue weighted by atomic mass is 16.6. The van der Waals surface area contributed by atoms with E-state index in [2.05, 4.69) is 24.5 Å². The van der Waals surface area contributed by atoms with E-state index in [0.717, 1.165) is 51.9 Å². The maximum absolute atomic E-state index is 13.3. The number of nitrogens with one attached hydrogen (secondary N) is 3. The molecule has 4 amide bonds. The molecule has 0 bridgehead atoms. The summed E-state index contributed by atoms with van der Waals surface area (Å²) in [7, 11) is 0. The lowest BCUT2D eigenvalue weighted by Gasteiger charge is -2.43. The number of primary amides is 1. The van der Waals surface area contributed by atoms with Gasteiger partial charge >= 0.3 is 17.9 Å². The molecule has 1 heterocycles.